The second-order valence-electron chi connectivity index (χ2n) is 6.14. The molecule has 1 aromatic carbocycles. The monoisotopic (exact) mass is 326 g/mol. The van der Waals surface area contributed by atoms with Gasteiger partial charge in [-0.05, 0) is 30.2 Å². The zero-order chi connectivity index (χ0) is 17.0. The standard InChI is InChI=1S/C18H22N4O2/c1-24-15-6-2-4-13(8-15)9-18(11-20-12-18)17(23)22-10-14-5-3-7-21-16(14)19/h2-8,20H,9-12H2,1H3,(H2,19,21)(H,22,23). The lowest BCUT2D eigenvalue weighted by Crippen LogP contribution is -2.62. The lowest BCUT2D eigenvalue weighted by atomic mass is 9.75. The number of carbonyl (C=O) groups is 1. The van der Waals surface area contributed by atoms with E-state index in [9.17, 15) is 4.79 Å². The summed E-state index contributed by atoms with van der Waals surface area (Å²) in [6.07, 6.45) is 2.31. The molecular weight excluding hydrogens is 304 g/mol. The van der Waals surface area contributed by atoms with Crippen molar-refractivity contribution in [1.29, 1.82) is 0 Å². The van der Waals surface area contributed by atoms with Crippen molar-refractivity contribution in [3.05, 3.63) is 53.7 Å². The molecule has 1 aliphatic rings. The molecule has 1 fully saturated rings. The number of hydrogen-bond acceptors (Lipinski definition) is 5. The highest BCUT2D eigenvalue weighted by atomic mass is 16.5. The number of amides is 1. The minimum Gasteiger partial charge on any atom is -0.497 e. The number of nitrogens with one attached hydrogen (secondary N) is 2. The number of nitrogens with two attached hydrogens (primary N) is 1. The normalized spacial score (nSPS) is 15.4. The molecule has 126 valence electrons. The summed E-state index contributed by atoms with van der Waals surface area (Å²) in [6.45, 7) is 1.72. The van der Waals surface area contributed by atoms with Gasteiger partial charge < -0.3 is 21.1 Å². The summed E-state index contributed by atoms with van der Waals surface area (Å²) in [6, 6.07) is 11.5. The number of anilines is 1. The van der Waals surface area contributed by atoms with Gasteiger partial charge in [0.15, 0.2) is 0 Å². The van der Waals surface area contributed by atoms with Gasteiger partial charge in [-0.25, -0.2) is 4.98 Å². The lowest BCUT2D eigenvalue weighted by molar-refractivity contribution is -0.134. The van der Waals surface area contributed by atoms with Crippen LogP contribution in [0.25, 0.3) is 0 Å². The average Bonchev–Trinajstić information content (AvgIpc) is 2.57. The Kier molecular flexibility index (Phi) is 4.66. The van der Waals surface area contributed by atoms with Crippen LogP contribution in [0.5, 0.6) is 5.75 Å². The fraction of sp³-hybridized carbons (Fsp3) is 0.333. The lowest BCUT2D eigenvalue weighted by Gasteiger charge is -2.41. The second-order valence-corrected chi connectivity index (χ2v) is 6.14. The summed E-state index contributed by atoms with van der Waals surface area (Å²) in [5.41, 5.74) is 7.32. The Balaban J connectivity index is 1.68. The first-order valence-electron chi connectivity index (χ1n) is 7.94. The van der Waals surface area contributed by atoms with E-state index < -0.39 is 5.41 Å². The van der Waals surface area contributed by atoms with Crippen molar-refractivity contribution >= 4 is 11.7 Å². The van der Waals surface area contributed by atoms with Crippen LogP contribution in [0, 0.1) is 5.41 Å². The number of pyridine rings is 1. The molecule has 1 amide bonds. The number of hydrogen-bond donors (Lipinski definition) is 3. The van der Waals surface area contributed by atoms with Gasteiger partial charge in [-0.15, -0.1) is 0 Å². The summed E-state index contributed by atoms with van der Waals surface area (Å²) >= 11 is 0. The number of rotatable bonds is 6. The highest BCUT2D eigenvalue weighted by molar-refractivity contribution is 5.84. The average molecular weight is 326 g/mol. The Labute approximate surface area is 141 Å². The fourth-order valence-corrected chi connectivity index (χ4v) is 2.93. The molecule has 0 radical (unpaired) electrons. The van der Waals surface area contributed by atoms with Crippen LogP contribution in [0.3, 0.4) is 0 Å². The number of nitrogen functional groups attached to an aromatic ring is 1. The van der Waals surface area contributed by atoms with Gasteiger partial charge >= 0.3 is 0 Å². The van der Waals surface area contributed by atoms with E-state index in [0.29, 0.717) is 31.9 Å². The van der Waals surface area contributed by atoms with Crippen molar-refractivity contribution < 1.29 is 9.53 Å². The molecule has 0 unspecified atom stereocenters. The van der Waals surface area contributed by atoms with Crippen LogP contribution in [0.15, 0.2) is 42.6 Å². The van der Waals surface area contributed by atoms with Crippen LogP contribution in [0.4, 0.5) is 5.82 Å². The number of methoxy groups -OCH3 is 1. The Morgan fingerprint density at radius 1 is 1.38 bits per heavy atom. The molecule has 1 aromatic heterocycles. The smallest absolute Gasteiger partial charge is 0.229 e. The van der Waals surface area contributed by atoms with E-state index in [4.69, 9.17) is 10.5 Å². The van der Waals surface area contributed by atoms with Gasteiger partial charge in [0.1, 0.15) is 11.6 Å². The molecule has 0 atom stereocenters. The maximum atomic E-state index is 12.7. The van der Waals surface area contributed by atoms with E-state index in [1.165, 1.54) is 0 Å². The second kappa shape index (κ2) is 6.88. The van der Waals surface area contributed by atoms with Crippen LogP contribution < -0.4 is 21.1 Å². The maximum absolute atomic E-state index is 12.7. The zero-order valence-corrected chi connectivity index (χ0v) is 13.7. The van der Waals surface area contributed by atoms with Crippen molar-refractivity contribution in [3.8, 4) is 5.75 Å². The molecule has 2 aromatic rings. The molecule has 3 rings (SSSR count). The number of carbonyl (C=O) groups excluding carboxylic acids is 1. The van der Waals surface area contributed by atoms with E-state index in [1.807, 2.05) is 36.4 Å². The van der Waals surface area contributed by atoms with E-state index in [1.54, 1.807) is 13.3 Å². The molecule has 6 nitrogen and oxygen atoms in total. The van der Waals surface area contributed by atoms with Crippen LogP contribution in [0.1, 0.15) is 11.1 Å². The van der Waals surface area contributed by atoms with Crippen LogP contribution >= 0.6 is 0 Å². The summed E-state index contributed by atoms with van der Waals surface area (Å²) in [5, 5.41) is 6.21. The number of aromatic nitrogens is 1. The van der Waals surface area contributed by atoms with Crippen LogP contribution in [-0.2, 0) is 17.8 Å². The third-order valence-electron chi connectivity index (χ3n) is 4.45. The van der Waals surface area contributed by atoms with Gasteiger partial charge in [0.25, 0.3) is 0 Å². The number of benzene rings is 1. The molecule has 4 N–H and O–H groups in total. The number of nitrogens with zero attached hydrogens (tertiary/aromatic N) is 1. The highest BCUT2D eigenvalue weighted by Crippen LogP contribution is 2.29. The Morgan fingerprint density at radius 2 is 2.21 bits per heavy atom. The summed E-state index contributed by atoms with van der Waals surface area (Å²) < 4.78 is 5.26. The molecule has 0 saturated carbocycles. The third-order valence-corrected chi connectivity index (χ3v) is 4.45. The van der Waals surface area contributed by atoms with Crippen molar-refractivity contribution in [2.75, 3.05) is 25.9 Å². The highest BCUT2D eigenvalue weighted by Gasteiger charge is 2.44. The zero-order valence-electron chi connectivity index (χ0n) is 13.7. The van der Waals surface area contributed by atoms with Gasteiger partial charge in [0, 0.05) is 31.4 Å². The minimum absolute atomic E-state index is 0.0346. The van der Waals surface area contributed by atoms with E-state index >= 15 is 0 Å². The topological polar surface area (TPSA) is 89.3 Å². The van der Waals surface area contributed by atoms with E-state index in [2.05, 4.69) is 15.6 Å². The molecular formula is C18H22N4O2. The third kappa shape index (κ3) is 3.33. The first-order valence-corrected chi connectivity index (χ1v) is 7.94. The van der Waals surface area contributed by atoms with Gasteiger partial charge in [0.05, 0.1) is 12.5 Å². The SMILES string of the molecule is COc1cccc(CC2(C(=O)NCc3cccnc3N)CNC2)c1. The van der Waals surface area contributed by atoms with E-state index in [-0.39, 0.29) is 5.91 Å². The largest absolute Gasteiger partial charge is 0.497 e. The molecule has 0 spiro atoms. The van der Waals surface area contributed by atoms with Crippen molar-refractivity contribution in [1.82, 2.24) is 15.6 Å². The first-order chi connectivity index (χ1) is 11.6. The summed E-state index contributed by atoms with van der Waals surface area (Å²) in [5.74, 6) is 1.29. The summed E-state index contributed by atoms with van der Waals surface area (Å²) in [7, 11) is 1.64. The molecule has 6 heteroatoms. The van der Waals surface area contributed by atoms with Gasteiger partial charge in [-0.2, -0.15) is 0 Å². The van der Waals surface area contributed by atoms with Crippen molar-refractivity contribution in [2.24, 2.45) is 5.41 Å². The fourth-order valence-electron chi connectivity index (χ4n) is 2.93. The van der Waals surface area contributed by atoms with Crippen molar-refractivity contribution in [3.63, 3.8) is 0 Å². The first kappa shape index (κ1) is 16.3. The Morgan fingerprint density at radius 3 is 2.88 bits per heavy atom. The minimum atomic E-state index is -0.427. The van der Waals surface area contributed by atoms with Crippen LogP contribution in [0.2, 0.25) is 0 Å². The predicted molar refractivity (Wildman–Crippen MR) is 92.5 cm³/mol. The predicted octanol–water partition coefficient (Wildman–Crippen LogP) is 1.12. The molecule has 1 aliphatic heterocycles. The van der Waals surface area contributed by atoms with Crippen LogP contribution in [-0.4, -0.2) is 31.1 Å². The van der Waals surface area contributed by atoms with E-state index in [0.717, 1.165) is 16.9 Å². The molecule has 24 heavy (non-hydrogen) atoms. The quantitative estimate of drug-likeness (QED) is 0.740. The maximum Gasteiger partial charge on any atom is 0.229 e. The van der Waals surface area contributed by atoms with Gasteiger partial charge in [-0.1, -0.05) is 18.2 Å². The molecule has 1 saturated heterocycles. The Hall–Kier alpha value is -2.60. The molecule has 2 heterocycles. The van der Waals surface area contributed by atoms with Gasteiger partial charge in [-0.3, -0.25) is 4.79 Å². The molecule has 0 bridgehead atoms. The Bertz CT molecular complexity index is 728. The van der Waals surface area contributed by atoms with Crippen molar-refractivity contribution in [2.45, 2.75) is 13.0 Å². The number of ether oxygens (including phenoxy) is 1. The summed E-state index contributed by atoms with van der Waals surface area (Å²) in [4.78, 5) is 16.8. The van der Waals surface area contributed by atoms with Gasteiger partial charge in [0.2, 0.25) is 5.91 Å². The molecule has 0 aliphatic carbocycles.